The molecule has 1 N–H and O–H groups in total. The first-order valence-corrected chi connectivity index (χ1v) is 10.3. The Hall–Kier alpha value is -2.21. The number of ether oxygens (including phenoxy) is 1. The van der Waals surface area contributed by atoms with E-state index in [1.807, 2.05) is 49.4 Å². The summed E-state index contributed by atoms with van der Waals surface area (Å²) in [5.41, 5.74) is 3.05. The molecule has 0 amide bonds. The molecular formula is C20H17Cl2NO3S. The fourth-order valence-electron chi connectivity index (χ4n) is 2.69. The number of hydrogen-bond acceptors (Lipinski definition) is 3. The molecule has 0 unspecified atom stereocenters. The van der Waals surface area contributed by atoms with Crippen LogP contribution in [0.25, 0.3) is 11.1 Å². The Morgan fingerprint density at radius 2 is 1.63 bits per heavy atom. The third kappa shape index (κ3) is 4.05. The summed E-state index contributed by atoms with van der Waals surface area (Å²) in [6.07, 6.45) is 0. The average Bonchev–Trinajstić information content (AvgIpc) is 2.64. The first-order chi connectivity index (χ1) is 12.8. The van der Waals surface area contributed by atoms with Crippen molar-refractivity contribution < 1.29 is 13.2 Å². The molecule has 0 fully saturated rings. The first kappa shape index (κ1) is 19.5. The number of methoxy groups -OCH3 is 1. The highest BCUT2D eigenvalue weighted by atomic mass is 35.5. The van der Waals surface area contributed by atoms with Crippen molar-refractivity contribution in [3.8, 4) is 16.9 Å². The van der Waals surface area contributed by atoms with Crippen molar-refractivity contribution in [2.45, 2.75) is 11.8 Å². The van der Waals surface area contributed by atoms with Crippen LogP contribution < -0.4 is 9.46 Å². The molecule has 0 atom stereocenters. The van der Waals surface area contributed by atoms with Crippen LogP contribution in [0.3, 0.4) is 0 Å². The van der Waals surface area contributed by atoms with Crippen molar-refractivity contribution >= 4 is 38.9 Å². The van der Waals surface area contributed by atoms with Crippen molar-refractivity contribution in [3.05, 3.63) is 76.3 Å². The molecule has 0 aliphatic rings. The molecule has 140 valence electrons. The lowest BCUT2D eigenvalue weighted by Gasteiger charge is -2.15. The molecule has 0 saturated heterocycles. The van der Waals surface area contributed by atoms with E-state index in [0.717, 1.165) is 16.7 Å². The van der Waals surface area contributed by atoms with Gasteiger partial charge in [-0.3, -0.25) is 4.72 Å². The number of anilines is 1. The van der Waals surface area contributed by atoms with Gasteiger partial charge in [0.05, 0.1) is 17.8 Å². The quantitative estimate of drug-likeness (QED) is 0.567. The number of hydrogen-bond donors (Lipinski definition) is 1. The van der Waals surface area contributed by atoms with Gasteiger partial charge >= 0.3 is 0 Å². The van der Waals surface area contributed by atoms with Crippen molar-refractivity contribution in [2.75, 3.05) is 11.8 Å². The Bertz CT molecular complexity index is 1080. The van der Waals surface area contributed by atoms with Crippen LogP contribution in [0.2, 0.25) is 10.0 Å². The van der Waals surface area contributed by atoms with E-state index in [1.165, 1.54) is 19.2 Å². The zero-order chi connectivity index (χ0) is 19.6. The number of sulfonamides is 1. The van der Waals surface area contributed by atoms with Gasteiger partial charge in [0.15, 0.2) is 0 Å². The van der Waals surface area contributed by atoms with Gasteiger partial charge in [-0.1, -0.05) is 65.7 Å². The van der Waals surface area contributed by atoms with Gasteiger partial charge in [0, 0.05) is 5.56 Å². The van der Waals surface area contributed by atoms with Gasteiger partial charge in [-0.25, -0.2) is 8.42 Å². The van der Waals surface area contributed by atoms with Crippen molar-refractivity contribution in [1.82, 2.24) is 0 Å². The molecule has 0 aliphatic carbocycles. The molecule has 0 heterocycles. The van der Waals surface area contributed by atoms with Gasteiger partial charge in [0.1, 0.15) is 15.7 Å². The lowest BCUT2D eigenvalue weighted by atomic mass is 10.0. The zero-order valence-electron chi connectivity index (χ0n) is 14.7. The molecule has 3 aromatic rings. The van der Waals surface area contributed by atoms with E-state index in [2.05, 4.69) is 4.72 Å². The second-order valence-electron chi connectivity index (χ2n) is 5.91. The molecule has 0 aromatic heterocycles. The zero-order valence-corrected chi connectivity index (χ0v) is 17.0. The van der Waals surface area contributed by atoms with Gasteiger partial charge in [0.2, 0.25) is 0 Å². The molecule has 7 heteroatoms. The summed E-state index contributed by atoms with van der Waals surface area (Å²) < 4.78 is 33.7. The Kier molecular flexibility index (Phi) is 5.65. The highest BCUT2D eigenvalue weighted by Crippen LogP contribution is 2.38. The van der Waals surface area contributed by atoms with E-state index in [4.69, 9.17) is 27.9 Å². The Balaban J connectivity index is 2.07. The minimum atomic E-state index is -3.96. The summed E-state index contributed by atoms with van der Waals surface area (Å²) in [6.45, 7) is 1.89. The van der Waals surface area contributed by atoms with Crippen molar-refractivity contribution in [2.24, 2.45) is 0 Å². The smallest absolute Gasteiger partial charge is 0.263 e. The third-order valence-electron chi connectivity index (χ3n) is 4.03. The molecule has 0 radical (unpaired) electrons. The van der Waals surface area contributed by atoms with Crippen LogP contribution in [0.1, 0.15) is 5.56 Å². The monoisotopic (exact) mass is 421 g/mol. The summed E-state index contributed by atoms with van der Waals surface area (Å²) >= 11 is 12.3. The maximum atomic E-state index is 13.0. The summed E-state index contributed by atoms with van der Waals surface area (Å²) in [6, 6.07) is 18.0. The molecule has 27 heavy (non-hydrogen) atoms. The van der Waals surface area contributed by atoms with E-state index in [9.17, 15) is 8.42 Å². The number of halogens is 2. The maximum absolute atomic E-state index is 13.0. The standard InChI is InChI=1S/C20H17Cl2NO3S/c1-13-8-9-15(14-6-4-3-5-7-14)16(12-13)23-27(24,25)18-11-10-17(26-2)19(21)20(18)22/h3-12,23H,1-2H3. The predicted molar refractivity (Wildman–Crippen MR) is 110 cm³/mol. The maximum Gasteiger partial charge on any atom is 0.263 e. The second-order valence-corrected chi connectivity index (χ2v) is 8.32. The van der Waals surface area contributed by atoms with Crippen LogP contribution in [0.4, 0.5) is 5.69 Å². The molecule has 3 aromatic carbocycles. The van der Waals surface area contributed by atoms with Crippen molar-refractivity contribution in [1.29, 1.82) is 0 Å². The average molecular weight is 422 g/mol. The number of rotatable bonds is 5. The Morgan fingerprint density at radius 3 is 2.30 bits per heavy atom. The number of benzene rings is 3. The van der Waals surface area contributed by atoms with Gasteiger partial charge in [-0.2, -0.15) is 0 Å². The Morgan fingerprint density at radius 1 is 0.926 bits per heavy atom. The van der Waals surface area contributed by atoms with Crippen LogP contribution >= 0.6 is 23.2 Å². The highest BCUT2D eigenvalue weighted by Gasteiger charge is 2.23. The largest absolute Gasteiger partial charge is 0.495 e. The summed E-state index contributed by atoms with van der Waals surface area (Å²) in [4.78, 5) is -0.115. The minimum absolute atomic E-state index is 0.0505. The van der Waals surface area contributed by atoms with Gasteiger partial charge in [-0.15, -0.1) is 0 Å². The topological polar surface area (TPSA) is 55.4 Å². The van der Waals surface area contributed by atoms with Crippen LogP contribution in [0.15, 0.2) is 65.6 Å². The van der Waals surface area contributed by atoms with E-state index in [1.54, 1.807) is 6.07 Å². The van der Waals surface area contributed by atoms with E-state index < -0.39 is 10.0 Å². The highest BCUT2D eigenvalue weighted by molar-refractivity contribution is 7.92. The fourth-order valence-corrected chi connectivity index (χ4v) is 4.60. The van der Waals surface area contributed by atoms with Crippen LogP contribution in [-0.2, 0) is 10.0 Å². The first-order valence-electron chi connectivity index (χ1n) is 8.04. The molecule has 0 spiro atoms. The fraction of sp³-hybridized carbons (Fsp3) is 0.100. The van der Waals surface area contributed by atoms with Gasteiger partial charge in [0.25, 0.3) is 10.0 Å². The lowest BCUT2D eigenvalue weighted by Crippen LogP contribution is -2.14. The van der Waals surface area contributed by atoms with Crippen molar-refractivity contribution in [3.63, 3.8) is 0 Å². The third-order valence-corrected chi connectivity index (χ3v) is 6.41. The van der Waals surface area contributed by atoms with Crippen LogP contribution in [0, 0.1) is 6.92 Å². The minimum Gasteiger partial charge on any atom is -0.495 e. The van der Waals surface area contributed by atoms with Gasteiger partial charge < -0.3 is 4.74 Å². The van der Waals surface area contributed by atoms with Crippen LogP contribution in [0.5, 0.6) is 5.75 Å². The molecule has 3 rings (SSSR count). The lowest BCUT2D eigenvalue weighted by molar-refractivity contribution is 0.414. The van der Waals surface area contributed by atoms with Gasteiger partial charge in [-0.05, 0) is 36.2 Å². The summed E-state index contributed by atoms with van der Waals surface area (Å²) in [7, 11) is -2.53. The van der Waals surface area contributed by atoms with E-state index >= 15 is 0 Å². The predicted octanol–water partition coefficient (Wildman–Crippen LogP) is 5.78. The van der Waals surface area contributed by atoms with E-state index in [0.29, 0.717) is 11.4 Å². The molecule has 4 nitrogen and oxygen atoms in total. The summed E-state index contributed by atoms with van der Waals surface area (Å²) in [5.74, 6) is 0.307. The SMILES string of the molecule is COc1ccc(S(=O)(=O)Nc2cc(C)ccc2-c2ccccc2)c(Cl)c1Cl. The molecule has 0 saturated carbocycles. The normalized spacial score (nSPS) is 11.3. The van der Waals surface area contributed by atoms with Crippen LogP contribution in [-0.4, -0.2) is 15.5 Å². The number of aryl methyl sites for hydroxylation is 1. The molecule has 0 aliphatic heterocycles. The summed E-state index contributed by atoms with van der Waals surface area (Å²) in [5, 5.41) is -0.0352. The Labute approximate surface area is 168 Å². The molecule has 0 bridgehead atoms. The number of nitrogens with one attached hydrogen (secondary N) is 1. The molecular weight excluding hydrogens is 405 g/mol. The second kappa shape index (κ2) is 7.80. The van der Waals surface area contributed by atoms with E-state index in [-0.39, 0.29) is 14.9 Å².